The Balaban J connectivity index is 2.10. The Kier molecular flexibility index (Phi) is 4.68. The number of halogens is 1. The van der Waals surface area contributed by atoms with Gasteiger partial charge in [0.15, 0.2) is 0 Å². The number of aromatic nitrogens is 1. The van der Waals surface area contributed by atoms with Crippen molar-refractivity contribution < 1.29 is 4.79 Å². The smallest absolute Gasteiger partial charge is 0.268 e. The largest absolute Gasteiger partial charge is 0.346 e. The number of carbonyl (C=O) groups excluding carboxylic acids is 1. The molecule has 1 amide bonds. The van der Waals surface area contributed by atoms with E-state index in [1.807, 2.05) is 16.8 Å². The normalized spacial score (nSPS) is 18.3. The molecule has 106 valence electrons. The maximum absolute atomic E-state index is 12.5. The maximum atomic E-state index is 12.5. The molecule has 0 spiro atoms. The number of carbonyl (C=O) groups is 1. The molecule has 0 radical (unpaired) electrons. The summed E-state index contributed by atoms with van der Waals surface area (Å²) >= 11 is 3.45. The lowest BCUT2D eigenvalue weighted by Gasteiger charge is -2.35. The molecule has 4 nitrogen and oxygen atoms in total. The molecule has 0 atom stereocenters. The van der Waals surface area contributed by atoms with Crippen LogP contribution in [-0.2, 0) is 6.54 Å². The molecule has 19 heavy (non-hydrogen) atoms. The van der Waals surface area contributed by atoms with E-state index < -0.39 is 0 Å². The third kappa shape index (κ3) is 3.60. The lowest BCUT2D eigenvalue weighted by molar-refractivity contribution is 0.0878. The number of piperidine rings is 1. The van der Waals surface area contributed by atoms with Crippen molar-refractivity contribution in [2.75, 3.05) is 13.1 Å². The molecule has 1 saturated heterocycles. The van der Waals surface area contributed by atoms with Crippen LogP contribution < -0.4 is 10.6 Å². The van der Waals surface area contributed by atoms with E-state index in [4.69, 9.17) is 0 Å². The minimum atomic E-state index is -0.0872. The van der Waals surface area contributed by atoms with Crippen molar-refractivity contribution in [3.05, 3.63) is 22.4 Å². The lowest BCUT2D eigenvalue weighted by Crippen LogP contribution is -2.52. The van der Waals surface area contributed by atoms with E-state index in [9.17, 15) is 4.79 Å². The van der Waals surface area contributed by atoms with Gasteiger partial charge in [-0.25, -0.2) is 0 Å². The van der Waals surface area contributed by atoms with Gasteiger partial charge in [-0.3, -0.25) is 4.79 Å². The highest BCUT2D eigenvalue weighted by molar-refractivity contribution is 9.10. The number of amides is 1. The Hall–Kier alpha value is -0.810. The number of nitrogens with one attached hydrogen (secondary N) is 2. The molecule has 2 rings (SSSR count). The summed E-state index contributed by atoms with van der Waals surface area (Å²) in [6, 6.07) is 1.90. The van der Waals surface area contributed by atoms with Crippen LogP contribution in [0, 0.1) is 0 Å². The van der Waals surface area contributed by atoms with Crippen LogP contribution >= 0.6 is 15.9 Å². The fourth-order valence-corrected chi connectivity index (χ4v) is 3.00. The van der Waals surface area contributed by atoms with Crippen molar-refractivity contribution in [2.45, 2.75) is 45.2 Å². The van der Waals surface area contributed by atoms with Gasteiger partial charge in [0, 0.05) is 22.8 Å². The van der Waals surface area contributed by atoms with Gasteiger partial charge in [-0.2, -0.15) is 0 Å². The highest BCUT2D eigenvalue weighted by Gasteiger charge is 2.29. The minimum absolute atomic E-state index is 0.0311. The SMILES string of the molecule is CCCn1cc(Br)cc1C(=O)NC1(C)CCNCC1. The van der Waals surface area contributed by atoms with Crippen LogP contribution in [0.5, 0.6) is 0 Å². The molecule has 1 aromatic heterocycles. The number of aryl methyl sites for hydroxylation is 1. The van der Waals surface area contributed by atoms with Gasteiger partial charge in [-0.05, 0) is 61.3 Å². The molecular formula is C14H22BrN3O. The molecule has 0 aromatic carbocycles. The average molecular weight is 328 g/mol. The second-order valence-electron chi connectivity index (χ2n) is 5.50. The van der Waals surface area contributed by atoms with E-state index in [2.05, 4.69) is 40.4 Å². The standard InChI is InChI=1S/C14H22BrN3O/c1-3-8-18-10-11(15)9-12(18)13(19)17-14(2)4-6-16-7-5-14/h9-10,16H,3-8H2,1-2H3,(H,17,19). The molecule has 1 aliphatic heterocycles. The topological polar surface area (TPSA) is 46.1 Å². The van der Waals surface area contributed by atoms with E-state index in [1.54, 1.807) is 0 Å². The van der Waals surface area contributed by atoms with Crippen molar-refractivity contribution >= 4 is 21.8 Å². The number of rotatable bonds is 4. The Bertz CT molecular complexity index is 450. The maximum Gasteiger partial charge on any atom is 0.268 e. The van der Waals surface area contributed by atoms with Crippen LogP contribution in [0.3, 0.4) is 0 Å². The van der Waals surface area contributed by atoms with Crippen molar-refractivity contribution in [2.24, 2.45) is 0 Å². The minimum Gasteiger partial charge on any atom is -0.346 e. The second-order valence-corrected chi connectivity index (χ2v) is 6.42. The molecule has 0 saturated carbocycles. The fourth-order valence-electron chi connectivity index (χ4n) is 2.53. The van der Waals surface area contributed by atoms with Gasteiger partial charge < -0.3 is 15.2 Å². The summed E-state index contributed by atoms with van der Waals surface area (Å²) in [6.45, 7) is 7.05. The van der Waals surface area contributed by atoms with Crippen LogP contribution in [0.4, 0.5) is 0 Å². The van der Waals surface area contributed by atoms with E-state index in [0.717, 1.165) is 49.1 Å². The third-order valence-corrected chi connectivity index (χ3v) is 4.12. The highest BCUT2D eigenvalue weighted by Crippen LogP contribution is 2.20. The number of hydrogen-bond donors (Lipinski definition) is 2. The van der Waals surface area contributed by atoms with Crippen molar-refractivity contribution in [1.29, 1.82) is 0 Å². The zero-order valence-electron chi connectivity index (χ0n) is 11.6. The molecule has 0 aliphatic carbocycles. The highest BCUT2D eigenvalue weighted by atomic mass is 79.9. The van der Waals surface area contributed by atoms with Crippen LogP contribution in [-0.4, -0.2) is 29.1 Å². The second kappa shape index (κ2) is 6.09. The first-order valence-corrected chi connectivity index (χ1v) is 7.72. The number of hydrogen-bond acceptors (Lipinski definition) is 2. The van der Waals surface area contributed by atoms with Crippen LogP contribution in [0.25, 0.3) is 0 Å². The summed E-state index contributed by atoms with van der Waals surface area (Å²) in [7, 11) is 0. The lowest BCUT2D eigenvalue weighted by atomic mass is 9.90. The fraction of sp³-hybridized carbons (Fsp3) is 0.643. The summed E-state index contributed by atoms with van der Waals surface area (Å²) in [5, 5.41) is 6.53. The summed E-state index contributed by atoms with van der Waals surface area (Å²) < 4.78 is 2.98. The van der Waals surface area contributed by atoms with Gasteiger partial charge in [0.05, 0.1) is 0 Å². The molecule has 2 heterocycles. The van der Waals surface area contributed by atoms with Gasteiger partial charge >= 0.3 is 0 Å². The van der Waals surface area contributed by atoms with Gasteiger partial charge in [-0.1, -0.05) is 6.92 Å². The first kappa shape index (κ1) is 14.6. The average Bonchev–Trinajstić information content (AvgIpc) is 2.71. The zero-order chi connectivity index (χ0) is 13.9. The van der Waals surface area contributed by atoms with Crippen molar-refractivity contribution in [3.63, 3.8) is 0 Å². The Morgan fingerprint density at radius 3 is 2.84 bits per heavy atom. The molecule has 5 heteroatoms. The summed E-state index contributed by atoms with van der Waals surface area (Å²) in [5.74, 6) is 0.0311. The van der Waals surface area contributed by atoms with E-state index in [-0.39, 0.29) is 11.4 Å². The first-order chi connectivity index (χ1) is 9.04. The Labute approximate surface area is 123 Å². The summed E-state index contributed by atoms with van der Waals surface area (Å²) in [4.78, 5) is 12.5. The molecule has 0 bridgehead atoms. The first-order valence-electron chi connectivity index (χ1n) is 6.93. The van der Waals surface area contributed by atoms with Crippen LogP contribution in [0.2, 0.25) is 0 Å². The third-order valence-electron chi connectivity index (χ3n) is 3.68. The summed E-state index contributed by atoms with van der Waals surface area (Å²) in [6.07, 6.45) is 4.95. The zero-order valence-corrected chi connectivity index (χ0v) is 13.2. The number of nitrogens with zero attached hydrogens (tertiary/aromatic N) is 1. The molecule has 1 aliphatic rings. The molecule has 1 aromatic rings. The molecule has 2 N–H and O–H groups in total. The Morgan fingerprint density at radius 2 is 2.21 bits per heavy atom. The quantitative estimate of drug-likeness (QED) is 0.892. The predicted molar refractivity (Wildman–Crippen MR) is 80.4 cm³/mol. The van der Waals surface area contributed by atoms with E-state index >= 15 is 0 Å². The van der Waals surface area contributed by atoms with E-state index in [0.29, 0.717) is 0 Å². The predicted octanol–water partition coefficient (Wildman–Crippen LogP) is 2.53. The van der Waals surface area contributed by atoms with Crippen LogP contribution in [0.15, 0.2) is 16.7 Å². The molecular weight excluding hydrogens is 306 g/mol. The van der Waals surface area contributed by atoms with Crippen LogP contribution in [0.1, 0.15) is 43.6 Å². The van der Waals surface area contributed by atoms with Crippen molar-refractivity contribution in [1.82, 2.24) is 15.2 Å². The monoisotopic (exact) mass is 327 g/mol. The van der Waals surface area contributed by atoms with Crippen molar-refractivity contribution in [3.8, 4) is 0 Å². The molecule has 0 unspecified atom stereocenters. The Morgan fingerprint density at radius 1 is 1.53 bits per heavy atom. The molecule has 1 fully saturated rings. The summed E-state index contributed by atoms with van der Waals surface area (Å²) in [5.41, 5.74) is 0.657. The van der Waals surface area contributed by atoms with E-state index in [1.165, 1.54) is 0 Å². The van der Waals surface area contributed by atoms with Gasteiger partial charge in [0.2, 0.25) is 0 Å². The van der Waals surface area contributed by atoms with Gasteiger partial charge in [0.1, 0.15) is 5.69 Å². The van der Waals surface area contributed by atoms with Gasteiger partial charge in [0.25, 0.3) is 5.91 Å². The van der Waals surface area contributed by atoms with Gasteiger partial charge in [-0.15, -0.1) is 0 Å².